The number of hydrogen-bond acceptors (Lipinski definition) is 5. The van der Waals surface area contributed by atoms with Gasteiger partial charge in [-0.05, 0) is 30.7 Å². The minimum atomic E-state index is -1.12. The average Bonchev–Trinajstić information content (AvgIpc) is 2.88. The second-order valence-electron chi connectivity index (χ2n) is 5.70. The topological polar surface area (TPSA) is 86.6 Å². The van der Waals surface area contributed by atoms with Crippen LogP contribution < -0.4 is 4.90 Å². The third kappa shape index (κ3) is 3.90. The normalized spacial score (nSPS) is 14.9. The monoisotopic (exact) mass is 344 g/mol. The summed E-state index contributed by atoms with van der Waals surface area (Å²) in [6, 6.07) is 5.51. The van der Waals surface area contributed by atoms with Gasteiger partial charge in [-0.1, -0.05) is 0 Å². The Morgan fingerprint density at radius 1 is 1.00 bits per heavy atom. The van der Waals surface area contributed by atoms with Crippen molar-refractivity contribution in [3.05, 3.63) is 53.7 Å². The van der Waals surface area contributed by atoms with Gasteiger partial charge < -0.3 is 14.9 Å². The smallest absolute Gasteiger partial charge is 0.356 e. The Morgan fingerprint density at radius 2 is 1.76 bits per heavy atom. The van der Waals surface area contributed by atoms with Crippen molar-refractivity contribution in [2.24, 2.45) is 0 Å². The van der Waals surface area contributed by atoms with E-state index in [-0.39, 0.29) is 17.4 Å². The van der Waals surface area contributed by atoms with Crippen LogP contribution in [0.5, 0.6) is 0 Å². The van der Waals surface area contributed by atoms with Gasteiger partial charge in [-0.15, -0.1) is 0 Å². The summed E-state index contributed by atoms with van der Waals surface area (Å²) in [7, 11) is 0. The van der Waals surface area contributed by atoms with Crippen LogP contribution in [0.2, 0.25) is 0 Å². The molecule has 1 fully saturated rings. The molecule has 1 aromatic carbocycles. The highest BCUT2D eigenvalue weighted by Gasteiger charge is 2.21. The first kappa shape index (κ1) is 16.8. The van der Waals surface area contributed by atoms with Crippen molar-refractivity contribution < 1.29 is 19.1 Å². The zero-order valence-electron chi connectivity index (χ0n) is 13.4. The molecule has 2 aromatic rings. The van der Waals surface area contributed by atoms with Crippen LogP contribution in [0.4, 0.5) is 10.2 Å². The summed E-state index contributed by atoms with van der Waals surface area (Å²) < 4.78 is 13.0. The lowest BCUT2D eigenvalue weighted by atomic mass is 10.2. The highest BCUT2D eigenvalue weighted by Crippen LogP contribution is 2.15. The highest BCUT2D eigenvalue weighted by molar-refractivity contribution is 5.94. The molecular formula is C17H17FN4O3. The average molecular weight is 344 g/mol. The number of nitrogens with zero attached hydrogens (tertiary/aromatic N) is 4. The molecule has 1 N–H and O–H groups in total. The Hall–Kier alpha value is -3.03. The number of aromatic nitrogens is 2. The van der Waals surface area contributed by atoms with Crippen molar-refractivity contribution in [3.63, 3.8) is 0 Å². The third-order valence-electron chi connectivity index (χ3n) is 4.06. The first-order valence-electron chi connectivity index (χ1n) is 7.90. The van der Waals surface area contributed by atoms with Gasteiger partial charge in [-0.25, -0.2) is 19.2 Å². The number of carbonyl (C=O) groups is 2. The SMILES string of the molecule is O=C(O)c1cnc(N2CCCN(C(=O)c3ccc(F)cc3)CC2)cn1. The van der Waals surface area contributed by atoms with E-state index in [4.69, 9.17) is 5.11 Å². The molecule has 1 aliphatic rings. The van der Waals surface area contributed by atoms with E-state index in [2.05, 4.69) is 9.97 Å². The van der Waals surface area contributed by atoms with E-state index in [0.29, 0.717) is 37.6 Å². The van der Waals surface area contributed by atoms with Gasteiger partial charge in [0.05, 0.1) is 12.4 Å². The summed E-state index contributed by atoms with van der Waals surface area (Å²) in [5.74, 6) is -1.04. The van der Waals surface area contributed by atoms with Crippen molar-refractivity contribution in [1.82, 2.24) is 14.9 Å². The highest BCUT2D eigenvalue weighted by atomic mass is 19.1. The fourth-order valence-corrected chi connectivity index (χ4v) is 2.72. The number of anilines is 1. The van der Waals surface area contributed by atoms with Crippen molar-refractivity contribution in [1.29, 1.82) is 0 Å². The fraction of sp³-hybridized carbons (Fsp3) is 0.294. The number of benzene rings is 1. The lowest BCUT2D eigenvalue weighted by Crippen LogP contribution is -2.35. The maximum absolute atomic E-state index is 13.0. The number of amides is 1. The largest absolute Gasteiger partial charge is 0.476 e. The van der Waals surface area contributed by atoms with Crippen LogP contribution in [0.3, 0.4) is 0 Å². The number of halogens is 1. The molecule has 0 aliphatic carbocycles. The van der Waals surface area contributed by atoms with Crippen LogP contribution in [-0.4, -0.2) is 58.0 Å². The number of rotatable bonds is 3. The Balaban J connectivity index is 1.66. The second kappa shape index (κ2) is 7.25. The van der Waals surface area contributed by atoms with E-state index in [0.717, 1.165) is 6.42 Å². The molecule has 25 heavy (non-hydrogen) atoms. The molecule has 3 rings (SSSR count). The number of carbonyl (C=O) groups excluding carboxylic acids is 1. The zero-order chi connectivity index (χ0) is 17.8. The zero-order valence-corrected chi connectivity index (χ0v) is 13.4. The molecule has 1 amide bonds. The Labute approximate surface area is 143 Å². The van der Waals surface area contributed by atoms with E-state index in [1.54, 1.807) is 4.90 Å². The molecule has 0 atom stereocenters. The van der Waals surface area contributed by atoms with E-state index >= 15 is 0 Å². The summed E-state index contributed by atoms with van der Waals surface area (Å²) >= 11 is 0. The minimum Gasteiger partial charge on any atom is -0.476 e. The summed E-state index contributed by atoms with van der Waals surface area (Å²) in [4.78, 5) is 35.1. The predicted molar refractivity (Wildman–Crippen MR) is 88.1 cm³/mol. The summed E-state index contributed by atoms with van der Waals surface area (Å²) in [6.07, 6.45) is 3.40. The maximum Gasteiger partial charge on any atom is 0.356 e. The molecule has 1 aliphatic heterocycles. The van der Waals surface area contributed by atoms with Crippen LogP contribution in [-0.2, 0) is 0 Å². The standard InChI is InChI=1S/C17H17FN4O3/c18-13-4-2-12(3-5-13)16(23)22-7-1-6-21(8-9-22)15-11-19-14(10-20-15)17(24)25/h2-5,10-11H,1,6-9H2,(H,24,25). The van der Waals surface area contributed by atoms with E-state index < -0.39 is 5.97 Å². The molecule has 130 valence electrons. The maximum atomic E-state index is 13.0. The molecule has 0 saturated carbocycles. The quantitative estimate of drug-likeness (QED) is 0.911. The Kier molecular flexibility index (Phi) is 4.87. The predicted octanol–water partition coefficient (Wildman–Crippen LogP) is 1.67. The molecule has 0 unspecified atom stereocenters. The van der Waals surface area contributed by atoms with Crippen molar-refractivity contribution in [2.45, 2.75) is 6.42 Å². The first-order valence-corrected chi connectivity index (χ1v) is 7.90. The van der Waals surface area contributed by atoms with Crippen molar-refractivity contribution >= 4 is 17.7 Å². The van der Waals surface area contributed by atoms with Crippen LogP contribution in [0.15, 0.2) is 36.7 Å². The van der Waals surface area contributed by atoms with Gasteiger partial charge >= 0.3 is 5.97 Å². The van der Waals surface area contributed by atoms with Crippen molar-refractivity contribution in [3.8, 4) is 0 Å². The van der Waals surface area contributed by atoms with Gasteiger partial charge in [-0.2, -0.15) is 0 Å². The molecule has 1 saturated heterocycles. The van der Waals surface area contributed by atoms with Crippen LogP contribution >= 0.6 is 0 Å². The van der Waals surface area contributed by atoms with Gasteiger partial charge in [-0.3, -0.25) is 4.79 Å². The van der Waals surface area contributed by atoms with Gasteiger partial charge in [0.25, 0.3) is 5.91 Å². The van der Waals surface area contributed by atoms with E-state index in [1.165, 1.54) is 36.7 Å². The van der Waals surface area contributed by atoms with Crippen LogP contribution in [0, 0.1) is 5.82 Å². The molecular weight excluding hydrogens is 327 g/mol. The first-order chi connectivity index (χ1) is 12.0. The van der Waals surface area contributed by atoms with E-state index in [1.807, 2.05) is 4.90 Å². The Bertz CT molecular complexity index is 764. The van der Waals surface area contributed by atoms with Crippen molar-refractivity contribution in [2.75, 3.05) is 31.1 Å². The Morgan fingerprint density at radius 3 is 2.40 bits per heavy atom. The van der Waals surface area contributed by atoms with Gasteiger partial charge in [0.15, 0.2) is 5.69 Å². The lowest BCUT2D eigenvalue weighted by molar-refractivity contribution is 0.0689. The molecule has 0 bridgehead atoms. The summed E-state index contributed by atoms with van der Waals surface area (Å²) in [5, 5.41) is 8.87. The summed E-state index contributed by atoms with van der Waals surface area (Å²) in [6.45, 7) is 2.34. The minimum absolute atomic E-state index is 0.105. The number of carboxylic acids is 1. The number of hydrogen-bond donors (Lipinski definition) is 1. The van der Waals surface area contributed by atoms with E-state index in [9.17, 15) is 14.0 Å². The third-order valence-corrected chi connectivity index (χ3v) is 4.06. The molecule has 0 radical (unpaired) electrons. The van der Waals surface area contributed by atoms with Gasteiger partial charge in [0.1, 0.15) is 11.6 Å². The van der Waals surface area contributed by atoms with Gasteiger partial charge in [0, 0.05) is 31.7 Å². The molecule has 2 heterocycles. The second-order valence-corrected chi connectivity index (χ2v) is 5.70. The molecule has 8 heteroatoms. The number of aromatic carboxylic acids is 1. The number of carboxylic acid groups (broad SMARTS) is 1. The summed E-state index contributed by atoms with van der Waals surface area (Å²) in [5.41, 5.74) is 0.354. The molecule has 0 spiro atoms. The van der Waals surface area contributed by atoms with Crippen LogP contribution in [0.25, 0.3) is 0 Å². The van der Waals surface area contributed by atoms with Crippen LogP contribution in [0.1, 0.15) is 27.3 Å². The fourth-order valence-electron chi connectivity index (χ4n) is 2.72. The molecule has 7 nitrogen and oxygen atoms in total. The van der Waals surface area contributed by atoms with Gasteiger partial charge in [0.2, 0.25) is 0 Å². The lowest BCUT2D eigenvalue weighted by Gasteiger charge is -2.22. The molecule has 1 aromatic heterocycles.